The first-order chi connectivity index (χ1) is 9.06. The minimum Gasteiger partial charge on any atom is -0.383 e. The number of methoxy groups -OCH3 is 1. The van der Waals surface area contributed by atoms with Crippen LogP contribution in [0.5, 0.6) is 0 Å². The summed E-state index contributed by atoms with van der Waals surface area (Å²) in [7, 11) is 1.52. The van der Waals surface area contributed by atoms with Crippen molar-refractivity contribution in [2.75, 3.05) is 20.3 Å². The predicted octanol–water partition coefficient (Wildman–Crippen LogP) is 0.102. The van der Waals surface area contributed by atoms with E-state index in [0.717, 1.165) is 6.20 Å². The monoisotopic (exact) mass is 269 g/mol. The van der Waals surface area contributed by atoms with Crippen molar-refractivity contribution >= 4 is 11.8 Å². The summed E-state index contributed by atoms with van der Waals surface area (Å²) in [6.07, 6.45) is 2.25. The average molecular weight is 269 g/mol. The van der Waals surface area contributed by atoms with Crippen LogP contribution < -0.4 is 10.6 Å². The Morgan fingerprint density at radius 3 is 2.89 bits per heavy atom. The summed E-state index contributed by atoms with van der Waals surface area (Å²) in [5.74, 6) is -1.75. The maximum Gasteiger partial charge on any atom is 0.255 e. The van der Waals surface area contributed by atoms with Crippen LogP contribution in [0.15, 0.2) is 18.5 Å². The quantitative estimate of drug-likeness (QED) is 0.718. The molecule has 0 bridgehead atoms. The van der Waals surface area contributed by atoms with E-state index in [1.807, 2.05) is 0 Å². The van der Waals surface area contributed by atoms with Crippen LogP contribution in [0, 0.1) is 5.82 Å². The van der Waals surface area contributed by atoms with Gasteiger partial charge in [-0.1, -0.05) is 0 Å². The van der Waals surface area contributed by atoms with Crippen LogP contribution >= 0.6 is 0 Å². The van der Waals surface area contributed by atoms with Crippen molar-refractivity contribution in [3.05, 3.63) is 29.8 Å². The molecular weight excluding hydrogens is 253 g/mol. The van der Waals surface area contributed by atoms with Crippen molar-refractivity contribution in [1.82, 2.24) is 15.6 Å². The van der Waals surface area contributed by atoms with E-state index in [2.05, 4.69) is 15.6 Å². The lowest BCUT2D eigenvalue weighted by Gasteiger charge is -2.14. The molecule has 0 aliphatic carbocycles. The number of hydrogen-bond donors (Lipinski definition) is 2. The second-order valence-electron chi connectivity index (χ2n) is 3.83. The lowest BCUT2D eigenvalue weighted by atomic mass is 10.2. The number of hydrogen-bond acceptors (Lipinski definition) is 4. The third-order valence-corrected chi connectivity index (χ3v) is 2.36. The molecule has 1 atom stereocenters. The molecule has 1 aromatic heterocycles. The van der Waals surface area contributed by atoms with Gasteiger partial charge in [0.05, 0.1) is 18.4 Å². The fourth-order valence-electron chi connectivity index (χ4n) is 1.33. The number of nitrogens with zero attached hydrogens (tertiary/aromatic N) is 1. The molecule has 0 radical (unpaired) electrons. The number of rotatable bonds is 6. The summed E-state index contributed by atoms with van der Waals surface area (Å²) in [5.41, 5.74) is -0.147. The molecule has 2 amide bonds. The molecule has 0 spiro atoms. The number of carbonyl (C=O) groups is 2. The first-order valence-electron chi connectivity index (χ1n) is 5.73. The minimum absolute atomic E-state index is 0.147. The fraction of sp³-hybridized carbons (Fsp3) is 0.417. The van der Waals surface area contributed by atoms with Gasteiger partial charge in [-0.2, -0.15) is 0 Å². The van der Waals surface area contributed by atoms with Crippen LogP contribution in [-0.4, -0.2) is 43.1 Å². The third-order valence-electron chi connectivity index (χ3n) is 2.36. The second kappa shape index (κ2) is 7.42. The first kappa shape index (κ1) is 15.0. The van der Waals surface area contributed by atoms with Crippen LogP contribution in [-0.2, 0) is 9.53 Å². The topological polar surface area (TPSA) is 80.3 Å². The molecule has 7 heteroatoms. The Kier molecular flexibility index (Phi) is 5.87. The highest BCUT2D eigenvalue weighted by atomic mass is 19.1. The maximum absolute atomic E-state index is 13.3. The van der Waals surface area contributed by atoms with Gasteiger partial charge in [0.2, 0.25) is 5.91 Å². The average Bonchev–Trinajstić information content (AvgIpc) is 2.39. The van der Waals surface area contributed by atoms with E-state index >= 15 is 0 Å². The van der Waals surface area contributed by atoms with Gasteiger partial charge < -0.3 is 15.4 Å². The lowest BCUT2D eigenvalue weighted by Crippen LogP contribution is -2.45. The number of carbonyl (C=O) groups excluding carboxylic acids is 2. The van der Waals surface area contributed by atoms with Gasteiger partial charge in [-0.05, 0) is 13.0 Å². The third kappa shape index (κ3) is 4.63. The fourth-order valence-corrected chi connectivity index (χ4v) is 1.33. The molecule has 1 unspecified atom stereocenters. The van der Waals surface area contributed by atoms with E-state index in [1.165, 1.54) is 26.3 Å². The Morgan fingerprint density at radius 2 is 2.26 bits per heavy atom. The van der Waals surface area contributed by atoms with E-state index in [1.54, 1.807) is 0 Å². The Morgan fingerprint density at radius 1 is 1.53 bits per heavy atom. The Labute approximate surface area is 110 Å². The second-order valence-corrected chi connectivity index (χ2v) is 3.83. The summed E-state index contributed by atoms with van der Waals surface area (Å²) < 4.78 is 18.1. The van der Waals surface area contributed by atoms with E-state index in [-0.39, 0.29) is 11.5 Å². The number of ether oxygens (including phenoxy) is 1. The summed E-state index contributed by atoms with van der Waals surface area (Å²) in [6.45, 7) is 2.24. The van der Waals surface area contributed by atoms with E-state index in [0.29, 0.717) is 13.2 Å². The van der Waals surface area contributed by atoms with Crippen molar-refractivity contribution in [3.63, 3.8) is 0 Å². The first-order valence-corrected chi connectivity index (χ1v) is 5.73. The molecule has 0 aliphatic rings. The molecule has 0 fully saturated rings. The van der Waals surface area contributed by atoms with Crippen LogP contribution in [0.25, 0.3) is 0 Å². The molecule has 0 saturated heterocycles. The molecule has 0 aromatic carbocycles. The molecule has 0 saturated carbocycles. The van der Waals surface area contributed by atoms with E-state index in [9.17, 15) is 14.0 Å². The Balaban J connectivity index is 2.52. The van der Waals surface area contributed by atoms with Crippen LogP contribution in [0.1, 0.15) is 17.3 Å². The van der Waals surface area contributed by atoms with Crippen LogP contribution in [0.2, 0.25) is 0 Å². The molecule has 6 nitrogen and oxygen atoms in total. The summed E-state index contributed by atoms with van der Waals surface area (Å²) >= 11 is 0. The Bertz CT molecular complexity index is 454. The number of pyridine rings is 1. The van der Waals surface area contributed by atoms with Gasteiger partial charge >= 0.3 is 0 Å². The van der Waals surface area contributed by atoms with Gasteiger partial charge in [0.25, 0.3) is 5.91 Å². The highest BCUT2D eigenvalue weighted by Crippen LogP contribution is 2.04. The zero-order chi connectivity index (χ0) is 14.3. The molecular formula is C12H16FN3O3. The maximum atomic E-state index is 13.3. The van der Waals surface area contributed by atoms with Crippen molar-refractivity contribution < 1.29 is 18.7 Å². The highest BCUT2D eigenvalue weighted by Gasteiger charge is 2.18. The van der Waals surface area contributed by atoms with Crippen LogP contribution in [0.3, 0.4) is 0 Å². The Hall–Kier alpha value is -2.02. The van der Waals surface area contributed by atoms with Crippen molar-refractivity contribution in [1.29, 1.82) is 0 Å². The van der Waals surface area contributed by atoms with Gasteiger partial charge in [-0.3, -0.25) is 14.6 Å². The zero-order valence-corrected chi connectivity index (χ0v) is 10.8. The van der Waals surface area contributed by atoms with Crippen molar-refractivity contribution in [2.24, 2.45) is 0 Å². The predicted molar refractivity (Wildman–Crippen MR) is 66.0 cm³/mol. The normalized spacial score (nSPS) is 11.7. The molecule has 1 rings (SSSR count). The van der Waals surface area contributed by atoms with Gasteiger partial charge in [0.1, 0.15) is 6.04 Å². The summed E-state index contributed by atoms with van der Waals surface area (Å²) in [4.78, 5) is 26.9. The summed E-state index contributed by atoms with van der Waals surface area (Å²) in [6, 6.07) is 0.483. The SMILES string of the molecule is COCCNC(=O)C(C)NC(=O)c1ccncc1F. The van der Waals surface area contributed by atoms with Crippen molar-refractivity contribution in [2.45, 2.75) is 13.0 Å². The van der Waals surface area contributed by atoms with Crippen LogP contribution in [0.4, 0.5) is 4.39 Å². The van der Waals surface area contributed by atoms with E-state index < -0.39 is 17.8 Å². The molecule has 19 heavy (non-hydrogen) atoms. The molecule has 2 N–H and O–H groups in total. The molecule has 104 valence electrons. The minimum atomic E-state index is -0.767. The zero-order valence-electron chi connectivity index (χ0n) is 10.8. The van der Waals surface area contributed by atoms with Gasteiger partial charge in [-0.15, -0.1) is 0 Å². The largest absolute Gasteiger partial charge is 0.383 e. The smallest absolute Gasteiger partial charge is 0.255 e. The number of nitrogens with one attached hydrogen (secondary N) is 2. The van der Waals surface area contributed by atoms with E-state index in [4.69, 9.17) is 4.74 Å². The van der Waals surface area contributed by atoms with Gasteiger partial charge in [0.15, 0.2) is 5.82 Å². The summed E-state index contributed by atoms with van der Waals surface area (Å²) in [5, 5.41) is 4.97. The van der Waals surface area contributed by atoms with Gasteiger partial charge in [-0.25, -0.2) is 4.39 Å². The number of halogens is 1. The molecule has 1 aromatic rings. The van der Waals surface area contributed by atoms with Crippen molar-refractivity contribution in [3.8, 4) is 0 Å². The standard InChI is InChI=1S/C12H16FN3O3/c1-8(11(17)15-5-6-19-2)16-12(18)9-3-4-14-7-10(9)13/h3-4,7-8H,5-6H2,1-2H3,(H,15,17)(H,16,18). The van der Waals surface area contributed by atoms with Gasteiger partial charge in [0, 0.05) is 19.9 Å². The molecule has 1 heterocycles. The number of amides is 2. The number of aromatic nitrogens is 1. The lowest BCUT2D eigenvalue weighted by molar-refractivity contribution is -0.122. The molecule has 0 aliphatic heterocycles. The highest BCUT2D eigenvalue weighted by molar-refractivity contribution is 5.97.